The Morgan fingerprint density at radius 2 is 1.67 bits per heavy atom. The number of sulfone groups is 1. The lowest BCUT2D eigenvalue weighted by Gasteiger charge is -2.28. The Bertz CT molecular complexity index is 240. The second kappa shape index (κ2) is 3.64. The van der Waals surface area contributed by atoms with E-state index in [0.717, 1.165) is 6.26 Å². The van der Waals surface area contributed by atoms with E-state index in [9.17, 15) is 13.5 Å². The maximum Gasteiger partial charge on any atom is 0.162 e. The molecule has 0 aromatic rings. The molecule has 0 rings (SSSR count). The first kappa shape index (κ1) is 12.4. The minimum Gasteiger partial charge on any atom is -0.390 e. The lowest BCUT2D eigenvalue weighted by atomic mass is 9.90. The van der Waals surface area contributed by atoms with Gasteiger partial charge in [0.2, 0.25) is 0 Å². The highest BCUT2D eigenvalue weighted by Crippen LogP contribution is 2.27. The van der Waals surface area contributed by atoms with E-state index >= 15 is 0 Å². The molecule has 0 aliphatic carbocycles. The van der Waals surface area contributed by atoms with Crippen LogP contribution < -0.4 is 0 Å². The molecule has 0 aromatic heterocycles. The van der Waals surface area contributed by atoms with Gasteiger partial charge in [0.25, 0.3) is 0 Å². The molecular weight excluding hydrogens is 244 g/mol. The van der Waals surface area contributed by atoms with Gasteiger partial charge < -0.3 is 5.11 Å². The van der Waals surface area contributed by atoms with Gasteiger partial charge in [0, 0.05) is 6.26 Å². The SMILES string of the molecule is CC(C)(C)[C@H](O)[C@@H](Br)S(C)(=O)=O. The van der Waals surface area contributed by atoms with Crippen LogP contribution in [0.1, 0.15) is 20.8 Å². The van der Waals surface area contributed by atoms with Gasteiger partial charge in [-0.2, -0.15) is 0 Å². The second-order valence-corrected chi connectivity index (χ2v) is 7.75. The molecule has 12 heavy (non-hydrogen) atoms. The van der Waals surface area contributed by atoms with Gasteiger partial charge >= 0.3 is 0 Å². The van der Waals surface area contributed by atoms with Crippen LogP contribution in [0.5, 0.6) is 0 Å². The monoisotopic (exact) mass is 258 g/mol. The predicted molar refractivity (Wildman–Crippen MR) is 53.0 cm³/mol. The first-order valence-electron chi connectivity index (χ1n) is 3.58. The molecule has 3 nitrogen and oxygen atoms in total. The fraction of sp³-hybridized carbons (Fsp3) is 1.00. The molecule has 0 fully saturated rings. The average Bonchev–Trinajstić information content (AvgIpc) is 1.80. The highest BCUT2D eigenvalue weighted by molar-refractivity contribution is 9.11. The number of rotatable bonds is 2. The van der Waals surface area contributed by atoms with Crippen LogP contribution in [-0.4, -0.2) is 30.0 Å². The van der Waals surface area contributed by atoms with Crippen molar-refractivity contribution in [3.05, 3.63) is 0 Å². The zero-order chi connectivity index (χ0) is 10.2. The number of hydrogen-bond donors (Lipinski definition) is 1. The molecule has 0 aliphatic heterocycles. The Kier molecular flexibility index (Phi) is 3.75. The predicted octanol–water partition coefficient (Wildman–Crippen LogP) is 1.16. The molecule has 0 saturated carbocycles. The summed E-state index contributed by atoms with van der Waals surface area (Å²) in [5.41, 5.74) is -0.433. The Morgan fingerprint density at radius 3 is 1.75 bits per heavy atom. The van der Waals surface area contributed by atoms with E-state index in [2.05, 4.69) is 15.9 Å². The third-order valence-electron chi connectivity index (χ3n) is 1.54. The molecule has 0 aliphatic rings. The van der Waals surface area contributed by atoms with Crippen molar-refractivity contribution in [2.24, 2.45) is 5.41 Å². The third kappa shape index (κ3) is 3.41. The second-order valence-electron chi connectivity index (χ2n) is 3.99. The van der Waals surface area contributed by atoms with Gasteiger partial charge in [0.05, 0.1) is 6.10 Å². The molecule has 5 heteroatoms. The highest BCUT2D eigenvalue weighted by atomic mass is 79.9. The summed E-state index contributed by atoms with van der Waals surface area (Å²) in [5, 5.41) is 9.56. The fourth-order valence-electron chi connectivity index (χ4n) is 0.627. The third-order valence-corrected chi connectivity index (χ3v) is 5.16. The smallest absolute Gasteiger partial charge is 0.162 e. The summed E-state index contributed by atoms with van der Waals surface area (Å²) >= 11 is 2.96. The standard InChI is InChI=1S/C7H15BrO3S/c1-7(2,3)5(9)6(8)12(4,10)11/h5-6,9H,1-4H3/t5-,6+/m1/s1. The molecular formula is C7H15BrO3S. The molecule has 74 valence electrons. The van der Waals surface area contributed by atoms with E-state index in [4.69, 9.17) is 0 Å². The normalized spacial score (nSPS) is 18.8. The molecule has 0 saturated heterocycles. The van der Waals surface area contributed by atoms with Gasteiger partial charge in [0.15, 0.2) is 9.84 Å². The minimum absolute atomic E-state index is 0.433. The van der Waals surface area contributed by atoms with Crippen LogP contribution in [0.4, 0.5) is 0 Å². The summed E-state index contributed by atoms with van der Waals surface area (Å²) in [4.78, 5) is 0. The molecule has 0 unspecified atom stereocenters. The molecule has 0 amide bonds. The molecule has 0 aromatic carbocycles. The quantitative estimate of drug-likeness (QED) is 0.757. The highest BCUT2D eigenvalue weighted by Gasteiger charge is 2.34. The van der Waals surface area contributed by atoms with Crippen molar-refractivity contribution in [2.45, 2.75) is 31.0 Å². The van der Waals surface area contributed by atoms with Crippen LogP contribution in [0.2, 0.25) is 0 Å². The molecule has 0 heterocycles. The Hall–Kier alpha value is 0.390. The number of halogens is 1. The number of hydrogen-bond acceptors (Lipinski definition) is 3. The topological polar surface area (TPSA) is 54.4 Å². The fourth-order valence-corrected chi connectivity index (χ4v) is 2.30. The van der Waals surface area contributed by atoms with Crippen LogP contribution in [0.15, 0.2) is 0 Å². The molecule has 1 N–H and O–H groups in total. The molecule has 0 bridgehead atoms. The first-order chi connectivity index (χ1) is 5.07. The van der Waals surface area contributed by atoms with Crippen molar-refractivity contribution in [2.75, 3.05) is 6.26 Å². The van der Waals surface area contributed by atoms with Crippen LogP contribution in [-0.2, 0) is 9.84 Å². The lowest BCUT2D eigenvalue weighted by Crippen LogP contribution is -2.38. The van der Waals surface area contributed by atoms with E-state index in [1.807, 2.05) is 0 Å². The van der Waals surface area contributed by atoms with E-state index in [1.54, 1.807) is 20.8 Å². The summed E-state index contributed by atoms with van der Waals surface area (Å²) < 4.78 is 21.1. The molecule has 0 radical (unpaired) electrons. The van der Waals surface area contributed by atoms with Gasteiger partial charge in [-0.15, -0.1) is 0 Å². The van der Waals surface area contributed by atoms with Gasteiger partial charge in [-0.3, -0.25) is 0 Å². The Labute approximate surface area is 82.2 Å². The van der Waals surface area contributed by atoms with E-state index < -0.39 is 25.5 Å². The first-order valence-corrected chi connectivity index (χ1v) is 6.45. The summed E-state index contributed by atoms with van der Waals surface area (Å²) in [6, 6.07) is 0. The Balaban J connectivity index is 4.64. The zero-order valence-electron chi connectivity index (χ0n) is 7.70. The molecule has 2 atom stereocenters. The van der Waals surface area contributed by atoms with Crippen molar-refractivity contribution in [3.63, 3.8) is 0 Å². The van der Waals surface area contributed by atoms with Crippen LogP contribution in [0.25, 0.3) is 0 Å². The van der Waals surface area contributed by atoms with E-state index in [1.165, 1.54) is 0 Å². The van der Waals surface area contributed by atoms with Gasteiger partial charge in [-0.05, 0) is 5.41 Å². The van der Waals surface area contributed by atoms with E-state index in [0.29, 0.717) is 0 Å². The maximum atomic E-state index is 11.0. The van der Waals surface area contributed by atoms with Crippen molar-refractivity contribution >= 4 is 25.8 Å². The summed E-state index contributed by atoms with van der Waals surface area (Å²) in [6.45, 7) is 5.37. The molecule has 0 spiro atoms. The Morgan fingerprint density at radius 1 is 1.33 bits per heavy atom. The van der Waals surface area contributed by atoms with Gasteiger partial charge in [-0.25, -0.2) is 8.42 Å². The van der Waals surface area contributed by atoms with Crippen molar-refractivity contribution in [1.29, 1.82) is 0 Å². The van der Waals surface area contributed by atoms with Gasteiger partial charge in [-0.1, -0.05) is 36.7 Å². The van der Waals surface area contributed by atoms with Crippen LogP contribution in [0, 0.1) is 5.41 Å². The zero-order valence-corrected chi connectivity index (χ0v) is 10.1. The van der Waals surface area contributed by atoms with Crippen LogP contribution in [0.3, 0.4) is 0 Å². The number of aliphatic hydroxyl groups is 1. The summed E-state index contributed by atoms with van der Waals surface area (Å²) in [7, 11) is -3.22. The van der Waals surface area contributed by atoms with Crippen LogP contribution >= 0.6 is 15.9 Å². The number of aliphatic hydroxyl groups excluding tert-OH is 1. The average molecular weight is 259 g/mol. The minimum atomic E-state index is -3.22. The van der Waals surface area contributed by atoms with E-state index in [-0.39, 0.29) is 0 Å². The summed E-state index contributed by atoms with van der Waals surface area (Å²) in [5.74, 6) is 0. The summed E-state index contributed by atoms with van der Waals surface area (Å²) in [6.07, 6.45) is 0.203. The van der Waals surface area contributed by atoms with Crippen molar-refractivity contribution in [1.82, 2.24) is 0 Å². The largest absolute Gasteiger partial charge is 0.390 e. The van der Waals surface area contributed by atoms with Gasteiger partial charge in [0.1, 0.15) is 4.16 Å². The van der Waals surface area contributed by atoms with Crippen molar-refractivity contribution < 1.29 is 13.5 Å². The maximum absolute atomic E-state index is 11.0. The van der Waals surface area contributed by atoms with Crippen molar-refractivity contribution in [3.8, 4) is 0 Å². The number of alkyl halides is 1. The lowest BCUT2D eigenvalue weighted by molar-refractivity contribution is 0.0773.